The van der Waals surface area contributed by atoms with Crippen molar-refractivity contribution in [2.45, 2.75) is 19.8 Å². The molecule has 0 aliphatic heterocycles. The number of ether oxygens (including phenoxy) is 1. The number of hydrogen-bond donors (Lipinski definition) is 1. The van der Waals surface area contributed by atoms with Gasteiger partial charge in [-0.2, -0.15) is 0 Å². The van der Waals surface area contributed by atoms with Crippen molar-refractivity contribution in [1.82, 2.24) is 19.6 Å². The molecule has 1 N–H and O–H groups in total. The molecule has 6 nitrogen and oxygen atoms in total. The van der Waals surface area contributed by atoms with Crippen molar-refractivity contribution in [3.8, 4) is 0 Å². The van der Waals surface area contributed by atoms with E-state index in [2.05, 4.69) is 27.4 Å². The number of fused-ring (bicyclic) bond motifs is 1. The molecule has 0 bridgehead atoms. The third kappa shape index (κ3) is 3.13. The van der Waals surface area contributed by atoms with Crippen molar-refractivity contribution in [3.63, 3.8) is 0 Å². The van der Waals surface area contributed by atoms with Crippen molar-refractivity contribution >= 4 is 11.5 Å². The lowest BCUT2D eigenvalue weighted by molar-refractivity contribution is 0.141. The first-order valence-electron chi connectivity index (χ1n) is 5.87. The van der Waals surface area contributed by atoms with E-state index in [0.29, 0.717) is 6.61 Å². The second kappa shape index (κ2) is 6.15. The van der Waals surface area contributed by atoms with Gasteiger partial charge in [0, 0.05) is 25.5 Å². The van der Waals surface area contributed by atoms with Crippen molar-refractivity contribution in [2.24, 2.45) is 0 Å². The van der Waals surface area contributed by atoms with Crippen molar-refractivity contribution in [3.05, 3.63) is 18.7 Å². The quantitative estimate of drug-likeness (QED) is 0.734. The van der Waals surface area contributed by atoms with E-state index in [1.165, 1.54) is 0 Å². The van der Waals surface area contributed by atoms with E-state index in [0.717, 1.165) is 37.5 Å². The van der Waals surface area contributed by atoms with Gasteiger partial charge in [0.2, 0.25) is 5.65 Å². The Bertz CT molecular complexity index is 456. The molecule has 2 aromatic heterocycles. The number of unbranched alkanes of at least 4 members (excludes halogenated alkanes) is 1. The molecule has 0 unspecified atom stereocenters. The SMILES string of the molecule is CCCCOCCNc1nccn2cnnc12. The molecule has 17 heavy (non-hydrogen) atoms. The lowest BCUT2D eigenvalue weighted by Crippen LogP contribution is -2.11. The fraction of sp³-hybridized carbons (Fsp3) is 0.545. The Kier molecular flexibility index (Phi) is 4.26. The van der Waals surface area contributed by atoms with Crippen LogP contribution >= 0.6 is 0 Å². The maximum atomic E-state index is 5.46. The molecule has 0 saturated carbocycles. The van der Waals surface area contributed by atoms with Gasteiger partial charge in [-0.05, 0) is 6.42 Å². The Labute approximate surface area is 100 Å². The molecule has 2 rings (SSSR count). The van der Waals surface area contributed by atoms with E-state index in [4.69, 9.17) is 4.74 Å². The van der Waals surface area contributed by atoms with Gasteiger partial charge >= 0.3 is 0 Å². The van der Waals surface area contributed by atoms with E-state index >= 15 is 0 Å². The monoisotopic (exact) mass is 235 g/mol. The Balaban J connectivity index is 1.80. The predicted octanol–water partition coefficient (Wildman–Crippen LogP) is 1.35. The molecule has 2 aromatic rings. The highest BCUT2D eigenvalue weighted by atomic mass is 16.5. The van der Waals surface area contributed by atoms with E-state index in [1.54, 1.807) is 12.5 Å². The van der Waals surface area contributed by atoms with Crippen LogP contribution < -0.4 is 5.32 Å². The molecule has 0 aliphatic carbocycles. The van der Waals surface area contributed by atoms with Gasteiger partial charge in [0.1, 0.15) is 6.33 Å². The average Bonchev–Trinajstić information content (AvgIpc) is 2.82. The van der Waals surface area contributed by atoms with Gasteiger partial charge < -0.3 is 10.1 Å². The van der Waals surface area contributed by atoms with Crippen molar-refractivity contribution < 1.29 is 4.74 Å². The number of nitrogens with one attached hydrogen (secondary N) is 1. The van der Waals surface area contributed by atoms with Crippen molar-refractivity contribution in [1.29, 1.82) is 0 Å². The summed E-state index contributed by atoms with van der Waals surface area (Å²) >= 11 is 0. The largest absolute Gasteiger partial charge is 0.380 e. The lowest BCUT2D eigenvalue weighted by Gasteiger charge is -2.06. The first-order chi connectivity index (χ1) is 8.42. The first-order valence-corrected chi connectivity index (χ1v) is 5.87. The molecule has 92 valence electrons. The highest BCUT2D eigenvalue weighted by Crippen LogP contribution is 2.08. The predicted molar refractivity (Wildman–Crippen MR) is 65.0 cm³/mol. The summed E-state index contributed by atoms with van der Waals surface area (Å²) in [5.74, 6) is 0.740. The summed E-state index contributed by atoms with van der Waals surface area (Å²) in [4.78, 5) is 4.22. The number of anilines is 1. The van der Waals surface area contributed by atoms with Crippen LogP contribution in [0, 0.1) is 0 Å². The Morgan fingerprint density at radius 2 is 2.35 bits per heavy atom. The number of rotatable bonds is 7. The topological polar surface area (TPSA) is 64.3 Å². The molecule has 0 fully saturated rings. The molecule has 0 spiro atoms. The van der Waals surface area contributed by atoms with Crippen LogP contribution in [-0.4, -0.2) is 39.3 Å². The van der Waals surface area contributed by atoms with E-state index in [9.17, 15) is 0 Å². The summed E-state index contributed by atoms with van der Waals surface area (Å²) in [5, 5.41) is 11.0. The smallest absolute Gasteiger partial charge is 0.203 e. The van der Waals surface area contributed by atoms with Crippen LogP contribution in [0.4, 0.5) is 5.82 Å². The fourth-order valence-electron chi connectivity index (χ4n) is 1.47. The van der Waals surface area contributed by atoms with E-state index in [1.807, 2.05) is 10.6 Å². The molecule has 0 saturated heterocycles. The Hall–Kier alpha value is -1.69. The third-order valence-electron chi connectivity index (χ3n) is 2.40. The van der Waals surface area contributed by atoms with Gasteiger partial charge in [-0.1, -0.05) is 13.3 Å². The van der Waals surface area contributed by atoms with Crippen LogP contribution in [0.25, 0.3) is 5.65 Å². The Morgan fingerprint density at radius 1 is 1.41 bits per heavy atom. The second-order valence-electron chi connectivity index (χ2n) is 3.73. The average molecular weight is 235 g/mol. The minimum atomic E-state index is 0.677. The highest BCUT2D eigenvalue weighted by molar-refractivity contribution is 5.61. The van der Waals surface area contributed by atoms with Crippen LogP contribution in [0.15, 0.2) is 18.7 Å². The van der Waals surface area contributed by atoms with Crippen LogP contribution in [0.2, 0.25) is 0 Å². The summed E-state index contributed by atoms with van der Waals surface area (Å²) < 4.78 is 7.28. The molecular formula is C11H17N5O. The minimum absolute atomic E-state index is 0.677. The van der Waals surface area contributed by atoms with Gasteiger partial charge in [0.25, 0.3) is 0 Å². The summed E-state index contributed by atoms with van der Waals surface area (Å²) in [6, 6.07) is 0. The van der Waals surface area contributed by atoms with E-state index in [-0.39, 0.29) is 0 Å². The van der Waals surface area contributed by atoms with Crippen LogP contribution in [0.5, 0.6) is 0 Å². The number of aromatic nitrogens is 4. The third-order valence-corrected chi connectivity index (χ3v) is 2.40. The van der Waals surface area contributed by atoms with Crippen LogP contribution in [0.3, 0.4) is 0 Å². The lowest BCUT2D eigenvalue weighted by atomic mass is 10.4. The summed E-state index contributed by atoms with van der Waals surface area (Å²) in [6.45, 7) is 4.37. The molecule has 0 atom stereocenters. The zero-order valence-corrected chi connectivity index (χ0v) is 9.96. The minimum Gasteiger partial charge on any atom is -0.380 e. The first kappa shape index (κ1) is 11.8. The summed E-state index contributed by atoms with van der Waals surface area (Å²) in [7, 11) is 0. The molecule has 6 heteroatoms. The summed E-state index contributed by atoms with van der Waals surface area (Å²) in [5.41, 5.74) is 0.737. The van der Waals surface area contributed by atoms with Gasteiger partial charge in [0.15, 0.2) is 5.82 Å². The molecule has 0 amide bonds. The molecule has 0 aliphatic rings. The zero-order chi connectivity index (χ0) is 11.9. The summed E-state index contributed by atoms with van der Waals surface area (Å²) in [6.07, 6.45) is 7.46. The maximum Gasteiger partial charge on any atom is 0.203 e. The second-order valence-corrected chi connectivity index (χ2v) is 3.73. The van der Waals surface area contributed by atoms with E-state index < -0.39 is 0 Å². The highest BCUT2D eigenvalue weighted by Gasteiger charge is 2.02. The van der Waals surface area contributed by atoms with Crippen LogP contribution in [-0.2, 0) is 4.74 Å². The number of hydrogen-bond acceptors (Lipinski definition) is 5. The standard InChI is InChI=1S/C11H17N5O/c1-2-3-7-17-8-5-13-10-11-15-14-9-16(11)6-4-12-10/h4,6,9H,2-3,5,7-8H2,1H3,(H,12,13). The fourth-order valence-corrected chi connectivity index (χ4v) is 1.47. The molecular weight excluding hydrogens is 218 g/mol. The Morgan fingerprint density at radius 3 is 3.24 bits per heavy atom. The molecule has 0 aromatic carbocycles. The van der Waals surface area contributed by atoms with Gasteiger partial charge in [-0.25, -0.2) is 4.98 Å². The molecule has 2 heterocycles. The van der Waals surface area contributed by atoms with Gasteiger partial charge in [0.05, 0.1) is 6.61 Å². The normalized spacial score (nSPS) is 10.9. The van der Waals surface area contributed by atoms with Crippen molar-refractivity contribution in [2.75, 3.05) is 25.1 Å². The number of nitrogens with zero attached hydrogens (tertiary/aromatic N) is 4. The van der Waals surface area contributed by atoms with Gasteiger partial charge in [-0.3, -0.25) is 4.40 Å². The molecule has 0 radical (unpaired) electrons. The maximum absolute atomic E-state index is 5.46. The zero-order valence-electron chi connectivity index (χ0n) is 9.96. The van der Waals surface area contributed by atoms with Gasteiger partial charge in [-0.15, -0.1) is 10.2 Å². The van der Waals surface area contributed by atoms with Crippen LogP contribution in [0.1, 0.15) is 19.8 Å².